The Morgan fingerprint density at radius 1 is 1.48 bits per heavy atom. The second-order valence-corrected chi connectivity index (χ2v) is 6.81. The minimum Gasteiger partial charge on any atom is -0.506 e. The highest BCUT2D eigenvalue weighted by atomic mass is 32.2. The summed E-state index contributed by atoms with van der Waals surface area (Å²) in [6.07, 6.45) is 0.379. The van der Waals surface area contributed by atoms with E-state index in [1.165, 1.54) is 6.07 Å². The topological polar surface area (TPSA) is 98.7 Å². The van der Waals surface area contributed by atoms with Gasteiger partial charge in [0.15, 0.2) is 5.82 Å². The summed E-state index contributed by atoms with van der Waals surface area (Å²) in [5.41, 5.74) is 0.479. The maximum Gasteiger partial charge on any atom is 0.326 e. The zero-order valence-corrected chi connectivity index (χ0v) is 12.0. The van der Waals surface area contributed by atoms with E-state index in [1.807, 2.05) is 6.92 Å². The predicted octanol–water partition coefficient (Wildman–Crippen LogP) is -0.254. The van der Waals surface area contributed by atoms with Crippen LogP contribution in [0.2, 0.25) is 0 Å². The number of carbonyl (C=O) groups excluding carboxylic acids is 1. The van der Waals surface area contributed by atoms with Crippen LogP contribution in [-0.4, -0.2) is 32.0 Å². The van der Waals surface area contributed by atoms with Gasteiger partial charge in [-0.3, -0.25) is 4.79 Å². The number of halogens is 1. The van der Waals surface area contributed by atoms with Gasteiger partial charge in [0.2, 0.25) is 0 Å². The van der Waals surface area contributed by atoms with Crippen molar-refractivity contribution in [2.24, 2.45) is 0 Å². The second kappa shape index (κ2) is 4.57. The highest BCUT2D eigenvalue weighted by molar-refractivity contribution is 7.92. The molecule has 0 bridgehead atoms. The molecule has 0 saturated carbocycles. The van der Waals surface area contributed by atoms with E-state index in [1.54, 1.807) is 4.72 Å². The lowest BCUT2D eigenvalue weighted by Crippen LogP contribution is -2.35. The zero-order valence-electron chi connectivity index (χ0n) is 11.2. The number of hydrogen-bond acceptors (Lipinski definition) is 5. The van der Waals surface area contributed by atoms with Gasteiger partial charge >= 0.3 is 10.2 Å². The SMILES string of the molecule is C[C@H]1Cc2c(cc(O)c(N3CC(=O)NS3(=O)=O)c2F)CN1. The number of amides is 1. The van der Waals surface area contributed by atoms with E-state index in [0.717, 1.165) is 0 Å². The number of phenols is 1. The molecule has 1 aromatic carbocycles. The van der Waals surface area contributed by atoms with Crippen LogP contribution < -0.4 is 14.3 Å². The molecule has 7 nitrogen and oxygen atoms in total. The number of nitrogens with one attached hydrogen (secondary N) is 2. The lowest BCUT2D eigenvalue weighted by atomic mass is 9.95. The first kappa shape index (κ1) is 14.1. The number of aromatic hydroxyl groups is 1. The van der Waals surface area contributed by atoms with E-state index in [9.17, 15) is 22.7 Å². The lowest BCUT2D eigenvalue weighted by molar-refractivity contribution is -0.117. The quantitative estimate of drug-likeness (QED) is 0.663. The summed E-state index contributed by atoms with van der Waals surface area (Å²) in [4.78, 5) is 11.3. The molecular weight excluding hydrogens is 301 g/mol. The van der Waals surface area contributed by atoms with Gasteiger partial charge in [0.05, 0.1) is 0 Å². The van der Waals surface area contributed by atoms with E-state index < -0.39 is 39.9 Å². The fourth-order valence-electron chi connectivity index (χ4n) is 2.64. The molecule has 1 amide bonds. The molecule has 0 radical (unpaired) electrons. The molecule has 9 heteroatoms. The standard InChI is InChI=1S/C12H14FN3O4S/c1-6-2-8-7(4-14-6)3-9(17)12(11(8)13)16-5-10(18)15-21(16,19)20/h3,6,14,17H,2,4-5H2,1H3,(H,15,18)/t6-/m0/s1. The third kappa shape index (κ3) is 2.22. The average molecular weight is 315 g/mol. The van der Waals surface area contributed by atoms with Crippen LogP contribution in [0.3, 0.4) is 0 Å². The van der Waals surface area contributed by atoms with Gasteiger partial charge in [-0.25, -0.2) is 13.4 Å². The van der Waals surface area contributed by atoms with Crippen molar-refractivity contribution in [3.63, 3.8) is 0 Å². The Bertz CT molecular complexity index is 735. The molecule has 114 valence electrons. The molecule has 1 fully saturated rings. The van der Waals surface area contributed by atoms with E-state index >= 15 is 0 Å². The first-order valence-corrected chi connectivity index (χ1v) is 7.83. The number of benzene rings is 1. The van der Waals surface area contributed by atoms with Gasteiger partial charge in [0.1, 0.15) is 18.0 Å². The molecule has 0 aliphatic carbocycles. The van der Waals surface area contributed by atoms with E-state index in [4.69, 9.17) is 0 Å². The van der Waals surface area contributed by atoms with Gasteiger partial charge in [-0.1, -0.05) is 0 Å². The lowest BCUT2D eigenvalue weighted by Gasteiger charge is -2.26. The molecular formula is C12H14FN3O4S. The maximum absolute atomic E-state index is 14.7. The van der Waals surface area contributed by atoms with Gasteiger partial charge in [0, 0.05) is 12.6 Å². The Kier molecular flexibility index (Phi) is 3.06. The van der Waals surface area contributed by atoms with Gasteiger partial charge in [-0.05, 0) is 30.5 Å². The van der Waals surface area contributed by atoms with Gasteiger partial charge in [-0.2, -0.15) is 8.42 Å². The van der Waals surface area contributed by atoms with Crippen molar-refractivity contribution in [1.82, 2.24) is 10.0 Å². The molecule has 3 N–H and O–H groups in total. The minimum atomic E-state index is -4.16. The summed E-state index contributed by atoms with van der Waals surface area (Å²) in [5, 5.41) is 13.1. The highest BCUT2D eigenvalue weighted by Gasteiger charge is 2.38. The van der Waals surface area contributed by atoms with Crippen LogP contribution >= 0.6 is 0 Å². The molecule has 2 aliphatic heterocycles. The Balaban J connectivity index is 2.16. The number of rotatable bonds is 1. The van der Waals surface area contributed by atoms with Crippen molar-refractivity contribution < 1.29 is 22.7 Å². The van der Waals surface area contributed by atoms with Gasteiger partial charge < -0.3 is 10.4 Å². The van der Waals surface area contributed by atoms with Crippen molar-refractivity contribution in [2.75, 3.05) is 10.8 Å². The second-order valence-electron chi connectivity index (χ2n) is 5.22. The number of fused-ring (bicyclic) bond motifs is 1. The molecule has 1 aromatic rings. The molecule has 21 heavy (non-hydrogen) atoms. The molecule has 2 aliphatic rings. The van der Waals surface area contributed by atoms with Crippen LogP contribution in [0.15, 0.2) is 6.07 Å². The van der Waals surface area contributed by atoms with Crippen molar-refractivity contribution in [2.45, 2.75) is 25.9 Å². The predicted molar refractivity (Wildman–Crippen MR) is 72.5 cm³/mol. The van der Waals surface area contributed by atoms with Crippen molar-refractivity contribution in [3.05, 3.63) is 23.0 Å². The first-order chi connectivity index (χ1) is 9.79. The molecule has 3 rings (SSSR count). The average Bonchev–Trinajstić information content (AvgIpc) is 2.64. The van der Waals surface area contributed by atoms with Crippen LogP contribution in [-0.2, 0) is 28.0 Å². The van der Waals surface area contributed by atoms with E-state index in [-0.39, 0.29) is 6.04 Å². The Hall–Kier alpha value is -1.87. The first-order valence-electron chi connectivity index (χ1n) is 6.39. The third-order valence-electron chi connectivity index (χ3n) is 3.63. The fourth-order valence-corrected chi connectivity index (χ4v) is 3.80. The monoisotopic (exact) mass is 315 g/mol. The highest BCUT2D eigenvalue weighted by Crippen LogP contribution is 2.38. The summed E-state index contributed by atoms with van der Waals surface area (Å²) in [5.74, 6) is -2.05. The van der Waals surface area contributed by atoms with Crippen LogP contribution in [0.25, 0.3) is 0 Å². The largest absolute Gasteiger partial charge is 0.506 e. The van der Waals surface area contributed by atoms with Crippen LogP contribution in [0, 0.1) is 5.82 Å². The van der Waals surface area contributed by atoms with Gasteiger partial charge in [0.25, 0.3) is 5.91 Å². The molecule has 1 saturated heterocycles. The molecule has 0 spiro atoms. The normalized spacial score (nSPS) is 23.8. The van der Waals surface area contributed by atoms with Crippen molar-refractivity contribution in [1.29, 1.82) is 0 Å². The summed E-state index contributed by atoms with van der Waals surface area (Å²) in [6.45, 7) is 1.73. The zero-order chi connectivity index (χ0) is 15.4. The van der Waals surface area contributed by atoms with Crippen molar-refractivity contribution >= 4 is 21.8 Å². The van der Waals surface area contributed by atoms with Gasteiger partial charge in [-0.15, -0.1) is 0 Å². The van der Waals surface area contributed by atoms with Crippen LogP contribution in [0.1, 0.15) is 18.1 Å². The van der Waals surface area contributed by atoms with Crippen LogP contribution in [0.5, 0.6) is 5.75 Å². The number of carbonyl (C=O) groups is 1. The Morgan fingerprint density at radius 2 is 2.19 bits per heavy atom. The minimum absolute atomic E-state index is 0.0411. The van der Waals surface area contributed by atoms with Crippen LogP contribution in [0.4, 0.5) is 10.1 Å². The molecule has 0 unspecified atom stereocenters. The fraction of sp³-hybridized carbons (Fsp3) is 0.417. The summed E-state index contributed by atoms with van der Waals surface area (Å²) < 4.78 is 40.6. The third-order valence-corrected chi connectivity index (χ3v) is 5.01. The molecule has 0 aromatic heterocycles. The van der Waals surface area contributed by atoms with E-state index in [2.05, 4.69) is 5.32 Å². The van der Waals surface area contributed by atoms with Crippen molar-refractivity contribution in [3.8, 4) is 5.75 Å². The smallest absolute Gasteiger partial charge is 0.326 e. The Morgan fingerprint density at radius 3 is 2.81 bits per heavy atom. The summed E-state index contributed by atoms with van der Waals surface area (Å²) in [7, 11) is -4.16. The molecule has 2 heterocycles. The van der Waals surface area contributed by atoms with E-state index in [0.29, 0.717) is 28.4 Å². The molecule has 1 atom stereocenters. The summed E-state index contributed by atoms with van der Waals surface area (Å²) >= 11 is 0. The number of hydrogen-bond donors (Lipinski definition) is 3. The Labute approximate surface area is 120 Å². The number of phenolic OH excluding ortho intramolecular Hbond substituents is 1. The number of nitrogens with zero attached hydrogens (tertiary/aromatic N) is 1. The number of anilines is 1. The maximum atomic E-state index is 14.7. The summed E-state index contributed by atoms with van der Waals surface area (Å²) in [6, 6.07) is 1.38.